The van der Waals surface area contributed by atoms with Crippen LogP contribution in [0.2, 0.25) is 0 Å². The summed E-state index contributed by atoms with van der Waals surface area (Å²) in [4.78, 5) is 0.219. The number of nitrogens with zero attached hydrogens (tertiary/aromatic N) is 2. The Hall–Kier alpha value is -0.920. The van der Waals surface area contributed by atoms with Gasteiger partial charge < -0.3 is 4.74 Å². The van der Waals surface area contributed by atoms with E-state index in [1.165, 1.54) is 25.2 Å². The van der Waals surface area contributed by atoms with Crippen LogP contribution in [-0.2, 0) is 21.3 Å². The third kappa shape index (κ3) is 4.29. The van der Waals surface area contributed by atoms with E-state index in [4.69, 9.17) is 4.74 Å². The molecule has 0 bridgehead atoms. The Bertz CT molecular complexity index is 507. The average Bonchev–Trinajstić information content (AvgIpc) is 3.09. The van der Waals surface area contributed by atoms with Gasteiger partial charge in [0.05, 0.1) is 12.3 Å². The van der Waals surface area contributed by atoms with Gasteiger partial charge in [0.15, 0.2) is 0 Å². The molecule has 0 aliphatic heterocycles. The Morgan fingerprint density at radius 3 is 2.85 bits per heavy atom. The molecule has 0 amide bonds. The normalized spacial score (nSPS) is 16.9. The first-order valence-electron chi connectivity index (χ1n) is 7.25. The fourth-order valence-electron chi connectivity index (χ4n) is 2.32. The largest absolute Gasteiger partial charge is 0.378 e. The molecule has 0 aromatic carbocycles. The van der Waals surface area contributed by atoms with Crippen LogP contribution >= 0.6 is 0 Å². The minimum absolute atomic E-state index is 0.219. The molecule has 1 saturated carbocycles. The van der Waals surface area contributed by atoms with Crippen LogP contribution in [0.4, 0.5) is 0 Å². The Kier molecular flexibility index (Phi) is 5.56. The molecule has 1 fully saturated rings. The van der Waals surface area contributed by atoms with Crippen molar-refractivity contribution in [3.63, 3.8) is 0 Å². The van der Waals surface area contributed by atoms with Crippen molar-refractivity contribution in [2.24, 2.45) is 0 Å². The van der Waals surface area contributed by atoms with Gasteiger partial charge in [-0.3, -0.25) is 4.68 Å². The number of nitrogens with one attached hydrogen (secondary N) is 1. The van der Waals surface area contributed by atoms with Gasteiger partial charge in [0.1, 0.15) is 4.90 Å². The molecule has 20 heavy (non-hydrogen) atoms. The van der Waals surface area contributed by atoms with Crippen molar-refractivity contribution in [1.82, 2.24) is 14.5 Å². The lowest BCUT2D eigenvalue weighted by Gasteiger charge is -2.10. The summed E-state index contributed by atoms with van der Waals surface area (Å²) in [6.45, 7) is 3.58. The van der Waals surface area contributed by atoms with E-state index in [1.54, 1.807) is 4.68 Å². The first kappa shape index (κ1) is 15.5. The fraction of sp³-hybridized carbons (Fsp3) is 0.769. The molecule has 0 saturated heterocycles. The smallest absolute Gasteiger partial charge is 0.243 e. The van der Waals surface area contributed by atoms with Crippen LogP contribution in [0.1, 0.15) is 39.0 Å². The number of sulfonamides is 1. The van der Waals surface area contributed by atoms with Gasteiger partial charge in [-0.2, -0.15) is 5.10 Å². The molecule has 1 aliphatic carbocycles. The molecule has 1 aromatic rings. The third-order valence-corrected chi connectivity index (χ3v) is 4.93. The summed E-state index contributed by atoms with van der Waals surface area (Å²) in [5, 5.41) is 3.97. The van der Waals surface area contributed by atoms with E-state index in [0.717, 1.165) is 12.8 Å². The average molecular weight is 301 g/mol. The van der Waals surface area contributed by atoms with Crippen molar-refractivity contribution in [2.75, 3.05) is 13.2 Å². The van der Waals surface area contributed by atoms with Crippen LogP contribution in [0.15, 0.2) is 17.3 Å². The van der Waals surface area contributed by atoms with Crippen LogP contribution in [0.3, 0.4) is 0 Å². The zero-order chi connectivity index (χ0) is 14.4. The van der Waals surface area contributed by atoms with Gasteiger partial charge in [-0.1, -0.05) is 12.8 Å². The molecular formula is C13H23N3O3S. The maximum atomic E-state index is 12.0. The highest BCUT2D eigenvalue weighted by atomic mass is 32.2. The van der Waals surface area contributed by atoms with E-state index in [-0.39, 0.29) is 4.90 Å². The number of aromatic nitrogens is 2. The van der Waals surface area contributed by atoms with Crippen LogP contribution in [0, 0.1) is 0 Å². The number of aryl methyl sites for hydroxylation is 1. The molecule has 1 N–H and O–H groups in total. The fourth-order valence-corrected chi connectivity index (χ4v) is 3.35. The van der Waals surface area contributed by atoms with Gasteiger partial charge in [0.2, 0.25) is 10.0 Å². The zero-order valence-electron chi connectivity index (χ0n) is 11.9. The van der Waals surface area contributed by atoms with Gasteiger partial charge in [-0.25, -0.2) is 13.1 Å². The number of ether oxygens (including phenoxy) is 1. The minimum atomic E-state index is -3.44. The summed E-state index contributed by atoms with van der Waals surface area (Å²) in [5.41, 5.74) is 0. The maximum Gasteiger partial charge on any atom is 0.243 e. The topological polar surface area (TPSA) is 73.2 Å². The highest BCUT2D eigenvalue weighted by Gasteiger charge is 2.17. The quantitative estimate of drug-likeness (QED) is 0.739. The van der Waals surface area contributed by atoms with Crippen molar-refractivity contribution in [1.29, 1.82) is 0 Å². The van der Waals surface area contributed by atoms with Crippen LogP contribution in [0.5, 0.6) is 0 Å². The Balaban J connectivity index is 1.69. The van der Waals surface area contributed by atoms with Crippen molar-refractivity contribution >= 4 is 10.0 Å². The highest BCUT2D eigenvalue weighted by Crippen LogP contribution is 2.20. The van der Waals surface area contributed by atoms with Gasteiger partial charge >= 0.3 is 0 Å². The maximum absolute atomic E-state index is 12.0. The monoisotopic (exact) mass is 301 g/mol. The minimum Gasteiger partial charge on any atom is -0.378 e. The summed E-state index contributed by atoms with van der Waals surface area (Å²) < 4.78 is 33.8. The van der Waals surface area contributed by atoms with Crippen molar-refractivity contribution in [3.05, 3.63) is 12.4 Å². The Morgan fingerprint density at radius 1 is 1.45 bits per heavy atom. The van der Waals surface area contributed by atoms with E-state index in [2.05, 4.69) is 9.82 Å². The van der Waals surface area contributed by atoms with E-state index in [9.17, 15) is 8.42 Å². The Morgan fingerprint density at radius 2 is 2.20 bits per heavy atom. The second-order valence-corrected chi connectivity index (χ2v) is 6.83. The van der Waals surface area contributed by atoms with E-state index < -0.39 is 10.0 Å². The lowest BCUT2D eigenvalue weighted by Crippen LogP contribution is -2.25. The molecule has 1 aromatic heterocycles. The van der Waals surface area contributed by atoms with E-state index in [1.807, 2.05) is 6.92 Å². The molecule has 114 valence electrons. The summed E-state index contributed by atoms with van der Waals surface area (Å²) in [7, 11) is -3.44. The molecule has 0 spiro atoms. The van der Waals surface area contributed by atoms with E-state index >= 15 is 0 Å². The second-order valence-electron chi connectivity index (χ2n) is 5.06. The highest BCUT2D eigenvalue weighted by molar-refractivity contribution is 7.89. The lowest BCUT2D eigenvalue weighted by molar-refractivity contribution is 0.0575. The SMILES string of the molecule is CCn1cc(S(=O)(=O)NCCCOC2CCCC2)cn1. The first-order chi connectivity index (χ1) is 9.62. The Labute approximate surface area is 120 Å². The van der Waals surface area contributed by atoms with Crippen LogP contribution in [0.25, 0.3) is 0 Å². The summed E-state index contributed by atoms with van der Waals surface area (Å²) in [6.07, 6.45) is 8.77. The molecule has 6 nitrogen and oxygen atoms in total. The second kappa shape index (κ2) is 7.19. The predicted molar refractivity (Wildman–Crippen MR) is 75.9 cm³/mol. The molecule has 7 heteroatoms. The zero-order valence-corrected chi connectivity index (χ0v) is 12.7. The standard InChI is InChI=1S/C13H23N3O3S/c1-2-16-11-13(10-14-16)20(17,18)15-8-5-9-19-12-6-3-4-7-12/h10-12,15H,2-9H2,1H3. The summed E-state index contributed by atoms with van der Waals surface area (Å²) >= 11 is 0. The number of rotatable bonds is 8. The molecular weight excluding hydrogens is 278 g/mol. The molecule has 1 aliphatic rings. The van der Waals surface area contributed by atoms with Crippen molar-refractivity contribution in [3.8, 4) is 0 Å². The van der Waals surface area contributed by atoms with Gasteiger partial charge in [0, 0.05) is 25.9 Å². The first-order valence-corrected chi connectivity index (χ1v) is 8.74. The van der Waals surface area contributed by atoms with Crippen LogP contribution < -0.4 is 4.72 Å². The summed E-state index contributed by atoms with van der Waals surface area (Å²) in [5.74, 6) is 0. The molecule has 0 unspecified atom stereocenters. The van der Waals surface area contributed by atoms with E-state index in [0.29, 0.717) is 32.2 Å². The predicted octanol–water partition coefficient (Wildman–Crippen LogP) is 1.53. The summed E-state index contributed by atoms with van der Waals surface area (Å²) in [6, 6.07) is 0. The van der Waals surface area contributed by atoms with Gasteiger partial charge in [0.25, 0.3) is 0 Å². The third-order valence-electron chi connectivity index (χ3n) is 3.51. The number of hydrogen-bond donors (Lipinski definition) is 1. The lowest BCUT2D eigenvalue weighted by atomic mass is 10.3. The number of hydrogen-bond acceptors (Lipinski definition) is 4. The molecule has 0 radical (unpaired) electrons. The van der Waals surface area contributed by atoms with Gasteiger partial charge in [-0.05, 0) is 26.2 Å². The van der Waals surface area contributed by atoms with Gasteiger partial charge in [-0.15, -0.1) is 0 Å². The molecule has 0 atom stereocenters. The van der Waals surface area contributed by atoms with Crippen molar-refractivity contribution < 1.29 is 13.2 Å². The van der Waals surface area contributed by atoms with Crippen LogP contribution in [-0.4, -0.2) is 37.5 Å². The molecule has 1 heterocycles. The molecule has 2 rings (SSSR count). The van der Waals surface area contributed by atoms with Crippen molar-refractivity contribution in [2.45, 2.75) is 56.6 Å².